The van der Waals surface area contributed by atoms with Gasteiger partial charge >= 0.3 is 24.0 Å². The van der Waals surface area contributed by atoms with Crippen molar-refractivity contribution in [3.63, 3.8) is 0 Å². The fourth-order valence-electron chi connectivity index (χ4n) is 2.86. The van der Waals surface area contributed by atoms with Crippen LogP contribution in [0.4, 0.5) is 30.7 Å². The summed E-state index contributed by atoms with van der Waals surface area (Å²) in [6.45, 7) is 1.57. The molecular formula is C20H33F7O2. The highest BCUT2D eigenvalue weighted by Gasteiger charge is 2.77. The van der Waals surface area contributed by atoms with Crippen molar-refractivity contribution in [1.29, 1.82) is 0 Å². The molecule has 0 saturated carbocycles. The molecule has 0 aliphatic carbocycles. The van der Waals surface area contributed by atoms with Crippen LogP contribution in [-0.2, 0) is 9.53 Å². The number of unbranched alkanes of at least 4 members (excludes halogenated alkanes) is 13. The summed E-state index contributed by atoms with van der Waals surface area (Å²) in [6, 6.07) is 0. The van der Waals surface area contributed by atoms with E-state index in [0.717, 1.165) is 32.1 Å². The zero-order valence-corrected chi connectivity index (χ0v) is 17.1. The minimum Gasteiger partial charge on any atom is -0.461 e. The van der Waals surface area contributed by atoms with E-state index in [4.69, 9.17) is 0 Å². The van der Waals surface area contributed by atoms with Crippen LogP contribution in [0, 0.1) is 0 Å². The minimum absolute atomic E-state index is 0.136. The van der Waals surface area contributed by atoms with Crippen LogP contribution in [-0.4, -0.2) is 30.6 Å². The molecule has 0 spiro atoms. The number of carbonyl (C=O) groups excluding carboxylic acids is 1. The van der Waals surface area contributed by atoms with Gasteiger partial charge < -0.3 is 4.74 Å². The maximum Gasteiger partial charge on any atom is 0.460 e. The number of ether oxygens (including phenoxy) is 1. The third-order valence-corrected chi connectivity index (χ3v) is 4.74. The third-order valence-electron chi connectivity index (χ3n) is 4.74. The molecule has 0 N–H and O–H groups in total. The zero-order valence-electron chi connectivity index (χ0n) is 17.1. The Hall–Kier alpha value is -1.02. The van der Waals surface area contributed by atoms with Gasteiger partial charge in [-0.3, -0.25) is 0 Å². The standard InChI is InChI=1S/C20H33F7O2/c1-2-3-4-5-6-7-8-9-10-11-12-13-14-15-16-29-17(28)18(21,22)19(23,24)20(25,26)27/h2-16H2,1H3. The quantitative estimate of drug-likeness (QED) is 0.131. The lowest BCUT2D eigenvalue weighted by molar-refractivity contribution is -0.348. The average Bonchev–Trinajstić information content (AvgIpc) is 2.63. The van der Waals surface area contributed by atoms with Crippen molar-refractivity contribution in [2.24, 2.45) is 0 Å². The molecule has 0 unspecified atom stereocenters. The van der Waals surface area contributed by atoms with Crippen LogP contribution < -0.4 is 0 Å². The lowest BCUT2D eigenvalue weighted by atomic mass is 10.0. The van der Waals surface area contributed by atoms with Crippen LogP contribution in [0.3, 0.4) is 0 Å². The molecule has 0 bridgehead atoms. The smallest absolute Gasteiger partial charge is 0.460 e. The number of hydrogen-bond acceptors (Lipinski definition) is 2. The molecule has 0 aromatic rings. The van der Waals surface area contributed by atoms with Gasteiger partial charge in [-0.15, -0.1) is 0 Å². The van der Waals surface area contributed by atoms with Crippen molar-refractivity contribution in [3.05, 3.63) is 0 Å². The Morgan fingerprint density at radius 1 is 0.621 bits per heavy atom. The highest BCUT2D eigenvalue weighted by Crippen LogP contribution is 2.46. The maximum atomic E-state index is 13.0. The first-order valence-corrected chi connectivity index (χ1v) is 10.5. The summed E-state index contributed by atoms with van der Waals surface area (Å²) in [5.41, 5.74) is 0. The van der Waals surface area contributed by atoms with Crippen molar-refractivity contribution < 1.29 is 40.3 Å². The van der Waals surface area contributed by atoms with Gasteiger partial charge in [-0.05, 0) is 6.42 Å². The number of rotatable bonds is 17. The van der Waals surface area contributed by atoms with E-state index in [2.05, 4.69) is 11.7 Å². The number of carbonyl (C=O) groups is 1. The molecule has 174 valence electrons. The summed E-state index contributed by atoms with van der Waals surface area (Å²) in [4.78, 5) is 10.9. The van der Waals surface area contributed by atoms with Crippen molar-refractivity contribution in [2.75, 3.05) is 6.61 Å². The van der Waals surface area contributed by atoms with Crippen LogP contribution in [0.15, 0.2) is 0 Å². The first-order valence-electron chi connectivity index (χ1n) is 10.5. The van der Waals surface area contributed by atoms with Gasteiger partial charge in [-0.25, -0.2) is 4.79 Å². The van der Waals surface area contributed by atoms with Crippen LogP contribution in [0.5, 0.6) is 0 Å². The van der Waals surface area contributed by atoms with Gasteiger partial charge in [0.2, 0.25) is 0 Å². The summed E-state index contributed by atoms with van der Waals surface area (Å²) in [5, 5.41) is 0. The monoisotopic (exact) mass is 438 g/mol. The third kappa shape index (κ3) is 10.5. The number of alkyl halides is 7. The van der Waals surface area contributed by atoms with Crippen LogP contribution in [0.2, 0.25) is 0 Å². The fraction of sp³-hybridized carbons (Fsp3) is 0.950. The fourth-order valence-corrected chi connectivity index (χ4v) is 2.86. The second kappa shape index (κ2) is 14.1. The molecule has 0 aromatic heterocycles. The SMILES string of the molecule is CCCCCCCCCCCCCCCCOC(=O)C(F)(F)C(F)(F)C(F)(F)F. The largest absolute Gasteiger partial charge is 0.461 e. The lowest BCUT2D eigenvalue weighted by Gasteiger charge is -2.26. The van der Waals surface area contributed by atoms with Crippen molar-refractivity contribution in [3.8, 4) is 0 Å². The van der Waals surface area contributed by atoms with Crippen LogP contribution in [0.1, 0.15) is 96.8 Å². The molecule has 9 heteroatoms. The Morgan fingerprint density at radius 3 is 1.31 bits per heavy atom. The minimum atomic E-state index is -6.54. The van der Waals surface area contributed by atoms with Crippen LogP contribution >= 0.6 is 0 Å². The predicted molar refractivity (Wildman–Crippen MR) is 97.2 cm³/mol. The molecular weight excluding hydrogens is 405 g/mol. The van der Waals surface area contributed by atoms with E-state index in [1.54, 1.807) is 0 Å². The first-order chi connectivity index (χ1) is 13.5. The van der Waals surface area contributed by atoms with Crippen molar-refractivity contribution in [2.45, 2.75) is 115 Å². The Kier molecular flexibility index (Phi) is 13.6. The molecule has 0 rings (SSSR count). The van der Waals surface area contributed by atoms with Gasteiger partial charge in [0.1, 0.15) is 0 Å². The molecule has 0 heterocycles. The Balaban J connectivity index is 3.67. The van der Waals surface area contributed by atoms with Crippen molar-refractivity contribution >= 4 is 5.97 Å². The van der Waals surface area contributed by atoms with E-state index in [1.807, 2.05) is 0 Å². The molecule has 0 aliphatic heterocycles. The van der Waals surface area contributed by atoms with E-state index >= 15 is 0 Å². The summed E-state index contributed by atoms with van der Waals surface area (Å²) in [7, 11) is 0. The number of halogens is 7. The van der Waals surface area contributed by atoms with E-state index in [9.17, 15) is 35.5 Å². The highest BCUT2D eigenvalue weighted by molar-refractivity contribution is 5.79. The van der Waals surface area contributed by atoms with E-state index in [1.165, 1.54) is 44.9 Å². The van der Waals surface area contributed by atoms with Gasteiger partial charge in [-0.1, -0.05) is 90.4 Å². The number of esters is 1. The normalized spacial score (nSPS) is 13.0. The molecule has 0 aliphatic rings. The molecule has 2 nitrogen and oxygen atoms in total. The van der Waals surface area contributed by atoms with Gasteiger partial charge in [0.15, 0.2) is 0 Å². The highest BCUT2D eigenvalue weighted by atomic mass is 19.4. The Labute approximate surface area is 168 Å². The van der Waals surface area contributed by atoms with E-state index < -0.39 is 30.6 Å². The second-order valence-corrected chi connectivity index (χ2v) is 7.38. The number of hydrogen-bond donors (Lipinski definition) is 0. The molecule has 0 atom stereocenters. The van der Waals surface area contributed by atoms with Gasteiger partial charge in [0, 0.05) is 0 Å². The van der Waals surface area contributed by atoms with Gasteiger partial charge in [-0.2, -0.15) is 30.7 Å². The Morgan fingerprint density at radius 2 is 0.966 bits per heavy atom. The topological polar surface area (TPSA) is 26.3 Å². The molecule has 0 radical (unpaired) electrons. The van der Waals surface area contributed by atoms with Crippen LogP contribution in [0.25, 0.3) is 0 Å². The first kappa shape index (κ1) is 28.0. The molecule has 0 saturated heterocycles. The summed E-state index contributed by atoms with van der Waals surface area (Å²) in [6.07, 6.45) is 7.90. The Bertz CT molecular complexity index is 437. The summed E-state index contributed by atoms with van der Waals surface area (Å²) < 4.78 is 91.3. The molecule has 29 heavy (non-hydrogen) atoms. The van der Waals surface area contributed by atoms with E-state index in [0.29, 0.717) is 6.42 Å². The summed E-state index contributed by atoms with van der Waals surface area (Å²) in [5.74, 6) is -15.3. The lowest BCUT2D eigenvalue weighted by Crippen LogP contribution is -2.56. The second-order valence-electron chi connectivity index (χ2n) is 7.38. The van der Waals surface area contributed by atoms with Crippen molar-refractivity contribution in [1.82, 2.24) is 0 Å². The summed E-state index contributed by atoms with van der Waals surface area (Å²) >= 11 is 0. The molecule has 0 amide bonds. The molecule has 0 fully saturated rings. The van der Waals surface area contributed by atoms with E-state index in [-0.39, 0.29) is 6.42 Å². The predicted octanol–water partition coefficient (Wildman–Crippen LogP) is 7.84. The molecule has 0 aromatic carbocycles. The zero-order chi connectivity index (χ0) is 22.4. The maximum absolute atomic E-state index is 13.0. The average molecular weight is 438 g/mol. The van der Waals surface area contributed by atoms with Gasteiger partial charge in [0.25, 0.3) is 0 Å². The van der Waals surface area contributed by atoms with Gasteiger partial charge in [0.05, 0.1) is 6.61 Å².